The molecule has 0 radical (unpaired) electrons. The Morgan fingerprint density at radius 1 is 1.14 bits per heavy atom. The molecule has 1 fully saturated rings. The monoisotopic (exact) mass is 552 g/mol. The number of anilines is 1. The number of hydrogen-bond donors (Lipinski definition) is 2. The predicted octanol–water partition coefficient (Wildman–Crippen LogP) is 2.73. The Hall–Kier alpha value is -3.00. The molecule has 3 aromatic rings. The maximum atomic E-state index is 13.5. The molecule has 0 bridgehead atoms. The van der Waals surface area contributed by atoms with Crippen molar-refractivity contribution in [3.63, 3.8) is 0 Å². The van der Waals surface area contributed by atoms with Crippen molar-refractivity contribution in [1.82, 2.24) is 24.7 Å². The van der Waals surface area contributed by atoms with Gasteiger partial charge in [0.2, 0.25) is 16.0 Å². The second-order valence-corrected chi connectivity index (χ2v) is 11.2. The van der Waals surface area contributed by atoms with Crippen LogP contribution < -0.4 is 14.2 Å². The highest BCUT2D eigenvalue weighted by Crippen LogP contribution is 2.44. The van der Waals surface area contributed by atoms with Gasteiger partial charge in [0.25, 0.3) is 0 Å². The van der Waals surface area contributed by atoms with Crippen molar-refractivity contribution < 1.29 is 27.7 Å². The lowest BCUT2D eigenvalue weighted by Gasteiger charge is -2.33. The first-order valence-electron chi connectivity index (χ1n) is 11.5. The minimum absolute atomic E-state index is 0.0378. The van der Waals surface area contributed by atoms with Crippen molar-refractivity contribution in [2.24, 2.45) is 5.92 Å². The van der Waals surface area contributed by atoms with Gasteiger partial charge in [0.05, 0.1) is 19.2 Å². The summed E-state index contributed by atoms with van der Waals surface area (Å²) in [5.41, 5.74) is 0.453. The molecule has 2 atom stereocenters. The van der Waals surface area contributed by atoms with Crippen molar-refractivity contribution in [1.29, 1.82) is 0 Å². The SMILES string of the molecule is COc1cccc(OC)c1-n1c(NS(=O)(=O)C(C)C(OC)c2ncc(Cl)cn2)nnc1[C@H]1C[C@H](CO)C1. The van der Waals surface area contributed by atoms with Crippen molar-refractivity contribution in [2.75, 3.05) is 32.7 Å². The van der Waals surface area contributed by atoms with Crippen LogP contribution in [0.4, 0.5) is 5.95 Å². The summed E-state index contributed by atoms with van der Waals surface area (Å²) in [4.78, 5) is 8.23. The zero-order valence-corrected chi connectivity index (χ0v) is 22.4. The number of nitrogens with one attached hydrogen (secondary N) is 1. The van der Waals surface area contributed by atoms with E-state index in [9.17, 15) is 13.5 Å². The summed E-state index contributed by atoms with van der Waals surface area (Å²) in [6.45, 7) is 1.56. The molecule has 1 saturated carbocycles. The van der Waals surface area contributed by atoms with Crippen molar-refractivity contribution >= 4 is 27.6 Å². The molecule has 14 heteroatoms. The third kappa shape index (κ3) is 5.35. The van der Waals surface area contributed by atoms with Gasteiger partial charge in [-0.3, -0.25) is 9.29 Å². The van der Waals surface area contributed by atoms with Gasteiger partial charge in [0, 0.05) is 32.0 Å². The molecular weight excluding hydrogens is 524 g/mol. The van der Waals surface area contributed by atoms with E-state index in [-0.39, 0.29) is 30.2 Å². The third-order valence-electron chi connectivity index (χ3n) is 6.47. The van der Waals surface area contributed by atoms with Crippen LogP contribution in [-0.4, -0.2) is 71.4 Å². The molecule has 0 spiro atoms. The Kier molecular flexibility index (Phi) is 8.17. The highest BCUT2D eigenvalue weighted by molar-refractivity contribution is 7.93. The van der Waals surface area contributed by atoms with Gasteiger partial charge >= 0.3 is 0 Å². The number of methoxy groups -OCH3 is 3. The van der Waals surface area contributed by atoms with Gasteiger partial charge in [-0.2, -0.15) is 0 Å². The van der Waals surface area contributed by atoms with Crippen molar-refractivity contribution in [3.8, 4) is 17.2 Å². The fourth-order valence-corrected chi connectivity index (χ4v) is 5.58. The molecule has 1 aliphatic rings. The van der Waals surface area contributed by atoms with Crippen molar-refractivity contribution in [2.45, 2.75) is 37.0 Å². The summed E-state index contributed by atoms with van der Waals surface area (Å²) in [6, 6.07) is 5.23. The highest BCUT2D eigenvalue weighted by Gasteiger charge is 2.38. The van der Waals surface area contributed by atoms with E-state index in [4.69, 9.17) is 25.8 Å². The van der Waals surface area contributed by atoms with Crippen LogP contribution in [0.3, 0.4) is 0 Å². The molecule has 2 aromatic heterocycles. The van der Waals surface area contributed by atoms with E-state index in [1.807, 2.05) is 0 Å². The summed E-state index contributed by atoms with van der Waals surface area (Å²) >= 11 is 5.88. The highest BCUT2D eigenvalue weighted by atomic mass is 35.5. The lowest BCUT2D eigenvalue weighted by atomic mass is 9.75. The number of para-hydroxylation sites is 1. The van der Waals surface area contributed by atoms with Crippen LogP contribution in [-0.2, 0) is 14.8 Å². The molecule has 0 saturated heterocycles. The van der Waals surface area contributed by atoms with Gasteiger partial charge in [0.1, 0.15) is 34.4 Å². The zero-order valence-electron chi connectivity index (χ0n) is 20.8. The van der Waals surface area contributed by atoms with E-state index in [0.717, 1.165) is 0 Å². The number of aliphatic hydroxyl groups excluding tert-OH is 1. The maximum absolute atomic E-state index is 13.5. The van der Waals surface area contributed by atoms with Crippen LogP contribution in [0, 0.1) is 5.92 Å². The van der Waals surface area contributed by atoms with Gasteiger partial charge in [0.15, 0.2) is 5.82 Å². The number of aromatic nitrogens is 5. The van der Waals surface area contributed by atoms with Gasteiger partial charge in [-0.05, 0) is 37.8 Å². The number of rotatable bonds is 11. The molecule has 200 valence electrons. The third-order valence-corrected chi connectivity index (χ3v) is 8.36. The van der Waals surface area contributed by atoms with E-state index >= 15 is 0 Å². The Bertz CT molecular complexity index is 1310. The Balaban J connectivity index is 1.76. The van der Waals surface area contributed by atoms with E-state index in [1.165, 1.54) is 40.6 Å². The molecule has 0 aliphatic heterocycles. The van der Waals surface area contributed by atoms with Crippen LogP contribution in [0.15, 0.2) is 30.6 Å². The maximum Gasteiger partial charge on any atom is 0.243 e. The average molecular weight is 553 g/mol. The molecule has 2 N–H and O–H groups in total. The molecule has 2 heterocycles. The standard InChI is InChI=1S/C23H29ClN6O6S/c1-13(20(36-4)21-25-10-16(24)11-26-21)37(32,33)29-23-28-27-22(15-8-14(9-15)12-31)30(23)19-17(34-2)6-5-7-18(19)35-3/h5-7,10-11,13-15,20,31H,8-9,12H2,1-4H3,(H,28,29)/t13?,14-,15-,20?. The summed E-state index contributed by atoms with van der Waals surface area (Å²) in [6.07, 6.45) is 3.14. The summed E-state index contributed by atoms with van der Waals surface area (Å²) < 4.78 is 47.9. The Labute approximate surface area is 220 Å². The van der Waals surface area contributed by atoms with Gasteiger partial charge in [-0.15, -0.1) is 10.2 Å². The molecule has 37 heavy (non-hydrogen) atoms. The zero-order chi connectivity index (χ0) is 26.7. The summed E-state index contributed by atoms with van der Waals surface area (Å²) in [7, 11) is 0.293. The second kappa shape index (κ2) is 11.2. The molecule has 2 unspecified atom stereocenters. The second-order valence-electron chi connectivity index (χ2n) is 8.71. The Morgan fingerprint density at radius 3 is 2.30 bits per heavy atom. The number of halogens is 1. The quantitative estimate of drug-likeness (QED) is 0.363. The van der Waals surface area contributed by atoms with E-state index in [0.29, 0.717) is 40.9 Å². The minimum atomic E-state index is -4.10. The number of ether oxygens (including phenoxy) is 3. The fraction of sp³-hybridized carbons (Fsp3) is 0.478. The first kappa shape index (κ1) is 27.0. The lowest BCUT2D eigenvalue weighted by molar-refractivity contribution is 0.0950. The normalized spacial score (nSPS) is 19.1. The number of nitrogens with zero attached hydrogens (tertiary/aromatic N) is 5. The molecular formula is C23H29ClN6O6S. The smallest absolute Gasteiger partial charge is 0.243 e. The van der Waals surface area contributed by atoms with E-state index in [1.54, 1.807) is 22.8 Å². The lowest BCUT2D eigenvalue weighted by Crippen LogP contribution is -2.33. The fourth-order valence-electron chi connectivity index (χ4n) is 4.35. The minimum Gasteiger partial charge on any atom is -0.494 e. The van der Waals surface area contributed by atoms with E-state index in [2.05, 4.69) is 24.9 Å². The largest absolute Gasteiger partial charge is 0.494 e. The number of hydrogen-bond acceptors (Lipinski definition) is 10. The van der Waals surface area contributed by atoms with Gasteiger partial charge in [-0.1, -0.05) is 17.7 Å². The molecule has 1 aliphatic carbocycles. The number of benzene rings is 1. The number of sulfonamides is 1. The van der Waals surface area contributed by atoms with Crippen LogP contribution in [0.1, 0.15) is 43.4 Å². The van der Waals surface area contributed by atoms with Gasteiger partial charge < -0.3 is 19.3 Å². The summed E-state index contributed by atoms with van der Waals surface area (Å²) in [5.74, 6) is 1.65. The first-order chi connectivity index (χ1) is 17.7. The molecule has 4 rings (SSSR count). The average Bonchev–Trinajstić information content (AvgIpc) is 3.25. The number of aliphatic hydroxyl groups is 1. The predicted molar refractivity (Wildman–Crippen MR) is 136 cm³/mol. The van der Waals surface area contributed by atoms with Crippen LogP contribution in [0.25, 0.3) is 5.69 Å². The van der Waals surface area contributed by atoms with E-state index < -0.39 is 21.4 Å². The molecule has 1 aromatic carbocycles. The van der Waals surface area contributed by atoms with Crippen molar-refractivity contribution in [3.05, 3.63) is 47.3 Å². The first-order valence-corrected chi connectivity index (χ1v) is 13.5. The van der Waals surface area contributed by atoms with Crippen LogP contribution in [0.2, 0.25) is 5.02 Å². The van der Waals surface area contributed by atoms with Gasteiger partial charge in [-0.25, -0.2) is 18.4 Å². The Morgan fingerprint density at radius 2 is 1.76 bits per heavy atom. The molecule has 12 nitrogen and oxygen atoms in total. The molecule has 0 amide bonds. The summed E-state index contributed by atoms with van der Waals surface area (Å²) in [5, 5.41) is 17.2. The van der Waals surface area contributed by atoms with Crippen LogP contribution >= 0.6 is 11.6 Å². The topological polar surface area (TPSA) is 151 Å². The van der Waals surface area contributed by atoms with Crippen LogP contribution in [0.5, 0.6) is 11.5 Å².